The van der Waals surface area contributed by atoms with Crippen molar-refractivity contribution < 1.29 is 71.9 Å². The highest BCUT2D eigenvalue weighted by molar-refractivity contribution is 5.78. The number of carbonyl (C=O) groups is 2. The second kappa shape index (κ2) is 22.5. The maximum absolute atomic E-state index is 14.7. The first-order valence-corrected chi connectivity index (χ1v) is 24.9. The molecule has 5 aliphatic heterocycles. The quantitative estimate of drug-likeness (QED) is 0.150. The van der Waals surface area contributed by atoms with E-state index in [1.807, 2.05) is 38.2 Å². The van der Waals surface area contributed by atoms with Crippen molar-refractivity contribution in [2.75, 3.05) is 20.8 Å². The molecular weight excluding hydrogens is 877 g/mol. The summed E-state index contributed by atoms with van der Waals surface area (Å²) in [6, 6.07) is 0. The van der Waals surface area contributed by atoms with Crippen LogP contribution in [-0.2, 0) is 56.9 Å². The number of allylic oxidation sites excluding steroid dienone is 2. The third-order valence-corrected chi connectivity index (χ3v) is 15.5. The van der Waals surface area contributed by atoms with Crippen LogP contribution >= 0.6 is 0 Å². The van der Waals surface area contributed by atoms with Crippen molar-refractivity contribution in [1.82, 2.24) is 0 Å². The van der Waals surface area contributed by atoms with Crippen molar-refractivity contribution in [2.24, 2.45) is 41.4 Å². The van der Waals surface area contributed by atoms with Gasteiger partial charge in [0.05, 0.1) is 18.3 Å². The van der Waals surface area contributed by atoms with Crippen molar-refractivity contribution in [3.05, 3.63) is 71.9 Å². The molecule has 1 saturated carbocycles. The van der Waals surface area contributed by atoms with E-state index >= 15 is 0 Å². The summed E-state index contributed by atoms with van der Waals surface area (Å²) in [6.07, 6.45) is 11.8. The van der Waals surface area contributed by atoms with Gasteiger partial charge in [-0.2, -0.15) is 0 Å². The van der Waals surface area contributed by atoms with Crippen LogP contribution in [0.3, 0.4) is 0 Å². The van der Waals surface area contributed by atoms with E-state index in [-0.39, 0.29) is 48.7 Å². The molecule has 0 aromatic carbocycles. The first-order valence-electron chi connectivity index (χ1n) is 24.9. The summed E-state index contributed by atoms with van der Waals surface area (Å²) in [7, 11) is 3.08. The van der Waals surface area contributed by atoms with E-state index in [1.54, 1.807) is 20.1 Å². The van der Waals surface area contributed by atoms with Crippen LogP contribution in [0.25, 0.3) is 0 Å². The van der Waals surface area contributed by atoms with Crippen LogP contribution in [0.5, 0.6) is 0 Å². The Hall–Kier alpha value is -3.22. The van der Waals surface area contributed by atoms with E-state index in [0.29, 0.717) is 49.7 Å². The van der Waals surface area contributed by atoms with E-state index < -0.39 is 97.1 Å². The molecule has 0 amide bonds. The van der Waals surface area contributed by atoms with E-state index in [2.05, 4.69) is 53.3 Å². The van der Waals surface area contributed by atoms with Gasteiger partial charge in [0.2, 0.25) is 0 Å². The minimum atomic E-state index is -1.73. The molecule has 20 atom stereocenters. The molecule has 2 N–H and O–H groups in total. The molecule has 68 heavy (non-hydrogen) atoms. The Labute approximate surface area is 403 Å². The topological polar surface area (TPSA) is 176 Å². The summed E-state index contributed by atoms with van der Waals surface area (Å²) >= 11 is 0. The molecule has 0 aromatic rings. The Kier molecular flexibility index (Phi) is 17.4. The average Bonchev–Trinajstić information content (AvgIpc) is 3.65. The molecular formula is C53H78O15. The van der Waals surface area contributed by atoms with Gasteiger partial charge in [-0.3, -0.25) is 4.79 Å². The van der Waals surface area contributed by atoms with Gasteiger partial charge in [0.25, 0.3) is 0 Å². The van der Waals surface area contributed by atoms with Crippen molar-refractivity contribution in [1.29, 1.82) is 0 Å². The van der Waals surface area contributed by atoms with Gasteiger partial charge in [0, 0.05) is 57.7 Å². The Morgan fingerprint density at radius 3 is 2.38 bits per heavy atom. The third kappa shape index (κ3) is 11.3. The summed E-state index contributed by atoms with van der Waals surface area (Å²) in [4.78, 5) is 27.6. The monoisotopic (exact) mass is 955 g/mol. The molecule has 5 heterocycles. The van der Waals surface area contributed by atoms with Gasteiger partial charge in [-0.15, -0.1) is 0 Å². The lowest BCUT2D eigenvalue weighted by Crippen LogP contribution is -2.56. The van der Waals surface area contributed by atoms with Crippen molar-refractivity contribution in [3.8, 4) is 0 Å². The third-order valence-electron chi connectivity index (χ3n) is 15.5. The van der Waals surface area contributed by atoms with Crippen LogP contribution in [0.15, 0.2) is 71.9 Å². The van der Waals surface area contributed by atoms with Gasteiger partial charge in [0.1, 0.15) is 42.5 Å². The van der Waals surface area contributed by atoms with Crippen LogP contribution in [0.1, 0.15) is 107 Å². The number of rotatable bonds is 11. The molecule has 7 rings (SSSR count). The van der Waals surface area contributed by atoms with Crippen LogP contribution in [0.2, 0.25) is 0 Å². The zero-order chi connectivity index (χ0) is 49.1. The second-order valence-electron chi connectivity index (χ2n) is 20.5. The molecule has 380 valence electrons. The van der Waals surface area contributed by atoms with Gasteiger partial charge >= 0.3 is 12.1 Å². The fraction of sp³-hybridized carbons (Fsp3) is 0.736. The van der Waals surface area contributed by atoms with Crippen LogP contribution in [-0.4, -0.2) is 122 Å². The van der Waals surface area contributed by atoms with Crippen molar-refractivity contribution >= 4 is 12.1 Å². The standard InChI is InChI=1S/C53H78O15/c1-12-23-60-51(56)66-46-34(8)24-40-48(55)61-38-27-37(67-52(28-38)22-21-32(6)45(68-52)29(3)13-2)19-17-31(5)44(30(4)15-14-16-36-18-20-39(46)53(36,40)57)62-42-26-35(9)47(50(59-11)65-42)63-41-25-33(7)43(54)49(58-10)64-41/h12,14-17,21-22,24,29-30,32-33,35,37-47,49-50,54,57H,1,13,18-20,23,25-28H2,2-11H3/b15-14+,31-17+,36-16+/t29?,30-,32-,33-,35-,37+,38-,39+,40-,41-,42-,43-,44-,45+,46+,47-,49-,50-,52+,53-/m0/s1. The van der Waals surface area contributed by atoms with Crippen LogP contribution < -0.4 is 0 Å². The minimum Gasteiger partial charge on any atom is -0.462 e. The first kappa shape index (κ1) is 52.6. The lowest BCUT2D eigenvalue weighted by Gasteiger charge is -2.48. The smallest absolute Gasteiger partial charge is 0.462 e. The molecule has 1 unspecified atom stereocenters. The Morgan fingerprint density at radius 2 is 1.66 bits per heavy atom. The van der Waals surface area contributed by atoms with Gasteiger partial charge in [-0.1, -0.05) is 97.1 Å². The Balaban J connectivity index is 1.21. The summed E-state index contributed by atoms with van der Waals surface area (Å²) < 4.78 is 68.7. The number of aliphatic hydroxyl groups excluding tert-OH is 1. The Bertz CT molecular complexity index is 1930. The summed E-state index contributed by atoms with van der Waals surface area (Å²) in [5.74, 6) is -3.39. The largest absolute Gasteiger partial charge is 0.509 e. The maximum atomic E-state index is 14.7. The fourth-order valence-electron chi connectivity index (χ4n) is 11.5. The molecule has 2 aliphatic carbocycles. The van der Waals surface area contributed by atoms with Gasteiger partial charge in [-0.25, -0.2) is 4.79 Å². The Morgan fingerprint density at radius 1 is 0.941 bits per heavy atom. The summed E-state index contributed by atoms with van der Waals surface area (Å²) in [6.45, 7) is 20.0. The fourth-order valence-corrected chi connectivity index (χ4v) is 11.5. The predicted octanol–water partition coefficient (Wildman–Crippen LogP) is 8.15. The molecule has 1 spiro atoms. The summed E-state index contributed by atoms with van der Waals surface area (Å²) in [5, 5.41) is 23.6. The van der Waals surface area contributed by atoms with Crippen LogP contribution in [0, 0.1) is 41.4 Å². The van der Waals surface area contributed by atoms with E-state index in [9.17, 15) is 19.8 Å². The lowest BCUT2D eigenvalue weighted by atomic mass is 9.68. The van der Waals surface area contributed by atoms with E-state index in [0.717, 1.165) is 12.0 Å². The van der Waals surface area contributed by atoms with Crippen molar-refractivity contribution in [3.63, 3.8) is 0 Å². The van der Waals surface area contributed by atoms with Gasteiger partial charge < -0.3 is 62.3 Å². The highest BCUT2D eigenvalue weighted by atomic mass is 16.8. The maximum Gasteiger partial charge on any atom is 0.509 e. The molecule has 0 radical (unpaired) electrons. The zero-order valence-corrected chi connectivity index (χ0v) is 41.8. The van der Waals surface area contributed by atoms with E-state index in [1.165, 1.54) is 13.2 Å². The summed E-state index contributed by atoms with van der Waals surface area (Å²) in [5.41, 5.74) is 0.486. The minimum absolute atomic E-state index is 0.0274. The number of methoxy groups -OCH3 is 2. The SMILES string of the molecule is C=CCOC(=O)O[C@@H]1C(C)=C[C@H]2C(=O)O[C@H]3C[C@@H](C/C=C(\C)[C@@H](O[C@@H]4C[C@H](C)[C@H](O[C@@H]5C[C@H](C)[C@H](O)[C@@H](OC)O5)[C@@H](OC)O4)[C@@H](C)/C=C/C=C4\CC[C@H]1[C@@]42O)O[C@@]1(C=C[C@H](C)[C@@H](C(C)CC)O1)C3. The zero-order valence-electron chi connectivity index (χ0n) is 41.8. The molecule has 2 bridgehead atoms. The number of hydrogen-bond donors (Lipinski definition) is 2. The first-order chi connectivity index (χ1) is 32.4. The molecule has 3 saturated heterocycles. The predicted molar refractivity (Wildman–Crippen MR) is 250 cm³/mol. The second-order valence-corrected chi connectivity index (χ2v) is 20.5. The molecule has 7 aliphatic rings. The van der Waals surface area contributed by atoms with Crippen LogP contribution in [0.4, 0.5) is 4.79 Å². The number of fused-ring (bicyclic) bond motifs is 2. The number of ether oxygens (including phenoxy) is 11. The van der Waals surface area contributed by atoms with E-state index in [4.69, 9.17) is 52.1 Å². The normalized spacial score (nSPS) is 45.6. The molecule has 15 nitrogen and oxygen atoms in total. The molecule has 0 aromatic heterocycles. The highest BCUT2D eigenvalue weighted by Gasteiger charge is 2.60. The van der Waals surface area contributed by atoms with Gasteiger partial charge in [0.15, 0.2) is 30.9 Å². The average molecular weight is 955 g/mol. The van der Waals surface area contributed by atoms with Gasteiger partial charge in [-0.05, 0) is 73.7 Å². The number of hydrogen-bond acceptors (Lipinski definition) is 15. The number of carbonyl (C=O) groups excluding carboxylic acids is 2. The molecule has 4 fully saturated rings. The number of aliphatic hydroxyl groups is 2. The molecule has 15 heteroatoms. The lowest BCUT2D eigenvalue weighted by molar-refractivity contribution is -0.363. The van der Waals surface area contributed by atoms with Crippen molar-refractivity contribution in [2.45, 2.75) is 186 Å². The number of esters is 1. The highest BCUT2D eigenvalue weighted by Crippen LogP contribution is 2.53.